The number of benzene rings is 2. The second-order valence-electron chi connectivity index (χ2n) is 6.05. The van der Waals surface area contributed by atoms with Gasteiger partial charge in [-0.25, -0.2) is 4.39 Å². The molecule has 2 aromatic rings. The summed E-state index contributed by atoms with van der Waals surface area (Å²) in [5.41, 5.74) is 1.25. The summed E-state index contributed by atoms with van der Waals surface area (Å²) in [4.78, 5) is 13.5. The van der Waals surface area contributed by atoms with Gasteiger partial charge in [0.15, 0.2) is 11.5 Å². The Bertz CT molecular complexity index is 796. The number of ether oxygens (including phenoxy) is 3. The number of carboxylic acid groups (broad SMARTS) is 1. The topological polar surface area (TPSA) is 68.2 Å². The minimum Gasteiger partial charge on any atom is -0.496 e. The number of nitrogens with zero attached hydrogens (tertiary/aromatic N) is 1. The largest absolute Gasteiger partial charge is 0.496 e. The van der Waals surface area contributed by atoms with E-state index in [1.165, 1.54) is 25.3 Å². The van der Waals surface area contributed by atoms with E-state index in [0.717, 1.165) is 5.56 Å². The lowest BCUT2D eigenvalue weighted by atomic mass is 10.0. The SMILES string of the molecule is COc1ccc(CCN(C)[C@H](C(=O)O)c2cc(F)ccc2OC)cc1OC. The first-order valence-corrected chi connectivity index (χ1v) is 8.38. The van der Waals surface area contributed by atoms with Crippen LogP contribution in [-0.4, -0.2) is 50.9 Å². The first-order valence-electron chi connectivity index (χ1n) is 8.38. The molecular formula is C20H24FNO5. The summed E-state index contributed by atoms with van der Waals surface area (Å²) >= 11 is 0. The molecule has 0 bridgehead atoms. The van der Waals surface area contributed by atoms with Crippen LogP contribution in [0.4, 0.5) is 4.39 Å². The maximum atomic E-state index is 13.7. The van der Waals surface area contributed by atoms with Crippen LogP contribution in [0.15, 0.2) is 36.4 Å². The number of methoxy groups -OCH3 is 3. The van der Waals surface area contributed by atoms with Crippen molar-refractivity contribution in [2.45, 2.75) is 12.5 Å². The van der Waals surface area contributed by atoms with E-state index in [4.69, 9.17) is 14.2 Å². The number of aliphatic carboxylic acids is 1. The van der Waals surface area contributed by atoms with E-state index >= 15 is 0 Å². The Morgan fingerprint density at radius 3 is 2.26 bits per heavy atom. The van der Waals surface area contributed by atoms with Gasteiger partial charge in [0, 0.05) is 12.1 Å². The van der Waals surface area contributed by atoms with Gasteiger partial charge in [0.05, 0.1) is 21.3 Å². The number of carboxylic acids is 1. The molecule has 0 unspecified atom stereocenters. The Morgan fingerprint density at radius 2 is 1.67 bits per heavy atom. The van der Waals surface area contributed by atoms with E-state index < -0.39 is 17.8 Å². The molecule has 0 amide bonds. The maximum absolute atomic E-state index is 13.7. The minimum atomic E-state index is -1.08. The fraction of sp³-hybridized carbons (Fsp3) is 0.350. The summed E-state index contributed by atoms with van der Waals surface area (Å²) in [6.45, 7) is 0.437. The standard InChI is InChI=1S/C20H24FNO5/c1-22(10-9-13-5-7-17(26-3)18(11-13)27-4)19(20(23)24)15-12-14(21)6-8-16(15)25-2/h5-8,11-12,19H,9-10H2,1-4H3,(H,23,24)/t19-/m0/s1. The highest BCUT2D eigenvalue weighted by atomic mass is 19.1. The van der Waals surface area contributed by atoms with Crippen LogP contribution in [0, 0.1) is 5.82 Å². The molecule has 0 fully saturated rings. The molecule has 0 radical (unpaired) electrons. The normalized spacial score (nSPS) is 11.9. The Morgan fingerprint density at radius 1 is 1.04 bits per heavy atom. The van der Waals surface area contributed by atoms with Crippen molar-refractivity contribution >= 4 is 5.97 Å². The monoisotopic (exact) mass is 377 g/mol. The molecule has 7 heteroatoms. The number of hydrogen-bond acceptors (Lipinski definition) is 5. The Hall–Kier alpha value is -2.80. The molecule has 0 saturated heterocycles. The minimum absolute atomic E-state index is 0.278. The summed E-state index contributed by atoms with van der Waals surface area (Å²) < 4.78 is 29.4. The second-order valence-corrected chi connectivity index (χ2v) is 6.05. The van der Waals surface area contributed by atoms with Gasteiger partial charge in [-0.15, -0.1) is 0 Å². The quantitative estimate of drug-likeness (QED) is 0.724. The number of carbonyl (C=O) groups is 1. The zero-order valence-corrected chi connectivity index (χ0v) is 15.9. The number of halogens is 1. The smallest absolute Gasteiger partial charge is 0.325 e. The summed E-state index contributed by atoms with van der Waals surface area (Å²) in [5.74, 6) is -0.0115. The molecule has 27 heavy (non-hydrogen) atoms. The average molecular weight is 377 g/mol. The third kappa shape index (κ3) is 4.89. The molecule has 2 rings (SSSR count). The van der Waals surface area contributed by atoms with Gasteiger partial charge < -0.3 is 19.3 Å². The van der Waals surface area contributed by atoms with E-state index in [1.54, 1.807) is 32.2 Å². The van der Waals surface area contributed by atoms with Crippen LogP contribution in [0.25, 0.3) is 0 Å². The molecule has 1 atom stereocenters. The number of likely N-dealkylation sites (N-methyl/N-ethyl adjacent to an activating group) is 1. The fourth-order valence-electron chi connectivity index (χ4n) is 2.95. The zero-order chi connectivity index (χ0) is 20.0. The van der Waals surface area contributed by atoms with Gasteiger partial charge in [-0.1, -0.05) is 6.07 Å². The highest BCUT2D eigenvalue weighted by Crippen LogP contribution is 2.31. The molecule has 0 aliphatic rings. The summed E-state index contributed by atoms with van der Waals surface area (Å²) in [6.07, 6.45) is 0.582. The average Bonchev–Trinajstić information content (AvgIpc) is 2.66. The molecule has 0 aliphatic heterocycles. The van der Waals surface area contributed by atoms with Gasteiger partial charge in [0.1, 0.15) is 17.6 Å². The van der Waals surface area contributed by atoms with E-state index in [9.17, 15) is 14.3 Å². The van der Waals surface area contributed by atoms with Gasteiger partial charge >= 0.3 is 5.97 Å². The van der Waals surface area contributed by atoms with E-state index in [0.29, 0.717) is 30.2 Å². The van der Waals surface area contributed by atoms with Crippen molar-refractivity contribution in [3.05, 3.63) is 53.3 Å². The first kappa shape index (κ1) is 20.5. The van der Waals surface area contributed by atoms with Gasteiger partial charge in [0.25, 0.3) is 0 Å². The van der Waals surface area contributed by atoms with Crippen LogP contribution in [0.1, 0.15) is 17.2 Å². The van der Waals surface area contributed by atoms with E-state index in [-0.39, 0.29) is 5.56 Å². The van der Waals surface area contributed by atoms with Crippen molar-refractivity contribution in [3.63, 3.8) is 0 Å². The highest BCUT2D eigenvalue weighted by Gasteiger charge is 2.28. The molecular weight excluding hydrogens is 353 g/mol. The van der Waals surface area contributed by atoms with Gasteiger partial charge in [0.2, 0.25) is 0 Å². The van der Waals surface area contributed by atoms with Crippen molar-refractivity contribution in [3.8, 4) is 17.2 Å². The molecule has 0 spiro atoms. The Labute approximate surface area is 158 Å². The third-order valence-corrected chi connectivity index (χ3v) is 4.36. The summed E-state index contributed by atoms with van der Waals surface area (Å²) in [6, 6.07) is 8.39. The molecule has 6 nitrogen and oxygen atoms in total. The fourth-order valence-corrected chi connectivity index (χ4v) is 2.95. The van der Waals surface area contributed by atoms with E-state index in [2.05, 4.69) is 0 Å². The van der Waals surface area contributed by atoms with E-state index in [1.807, 2.05) is 12.1 Å². The van der Waals surface area contributed by atoms with Crippen molar-refractivity contribution in [1.82, 2.24) is 4.90 Å². The maximum Gasteiger partial charge on any atom is 0.325 e. The Kier molecular flexibility index (Phi) is 7.01. The number of rotatable bonds is 9. The van der Waals surface area contributed by atoms with Gasteiger partial charge in [-0.05, 0) is 49.4 Å². The summed E-state index contributed by atoms with van der Waals surface area (Å²) in [7, 11) is 6.24. The molecule has 0 saturated carbocycles. The van der Waals surface area contributed by atoms with Crippen LogP contribution in [0.2, 0.25) is 0 Å². The Balaban J connectivity index is 2.20. The first-order chi connectivity index (χ1) is 12.9. The molecule has 146 valence electrons. The number of hydrogen-bond donors (Lipinski definition) is 1. The molecule has 1 N–H and O–H groups in total. The molecule has 0 aromatic heterocycles. The lowest BCUT2D eigenvalue weighted by molar-refractivity contribution is -0.143. The molecule has 0 aliphatic carbocycles. The predicted octanol–water partition coefficient (Wildman–Crippen LogP) is 3.15. The summed E-state index contributed by atoms with van der Waals surface area (Å²) in [5, 5.41) is 9.70. The van der Waals surface area contributed by atoms with Gasteiger partial charge in [-0.3, -0.25) is 9.69 Å². The van der Waals surface area contributed by atoms with Crippen molar-refractivity contribution in [2.75, 3.05) is 34.9 Å². The highest BCUT2D eigenvalue weighted by molar-refractivity contribution is 5.76. The van der Waals surface area contributed by atoms with Crippen LogP contribution in [-0.2, 0) is 11.2 Å². The van der Waals surface area contributed by atoms with Crippen molar-refractivity contribution in [1.29, 1.82) is 0 Å². The van der Waals surface area contributed by atoms with Crippen molar-refractivity contribution < 1.29 is 28.5 Å². The lowest BCUT2D eigenvalue weighted by Gasteiger charge is -2.26. The lowest BCUT2D eigenvalue weighted by Crippen LogP contribution is -2.32. The zero-order valence-electron chi connectivity index (χ0n) is 15.9. The van der Waals surface area contributed by atoms with Crippen molar-refractivity contribution in [2.24, 2.45) is 0 Å². The second kappa shape index (κ2) is 9.23. The molecule has 0 heterocycles. The van der Waals surface area contributed by atoms with Crippen LogP contribution in [0.5, 0.6) is 17.2 Å². The third-order valence-electron chi connectivity index (χ3n) is 4.36. The van der Waals surface area contributed by atoms with Crippen LogP contribution in [0.3, 0.4) is 0 Å². The van der Waals surface area contributed by atoms with Crippen LogP contribution < -0.4 is 14.2 Å². The van der Waals surface area contributed by atoms with Crippen LogP contribution >= 0.6 is 0 Å². The predicted molar refractivity (Wildman–Crippen MR) is 99.2 cm³/mol. The van der Waals surface area contributed by atoms with Gasteiger partial charge in [-0.2, -0.15) is 0 Å². The molecule has 2 aromatic carbocycles.